The van der Waals surface area contributed by atoms with Crippen molar-refractivity contribution in [2.24, 2.45) is 0 Å². The maximum Gasteiger partial charge on any atom is 0.257 e. The summed E-state index contributed by atoms with van der Waals surface area (Å²) in [6, 6.07) is 6.84. The van der Waals surface area contributed by atoms with E-state index in [-0.39, 0.29) is 17.8 Å². The number of aryl methyl sites for hydroxylation is 1. The van der Waals surface area contributed by atoms with Crippen LogP contribution in [-0.2, 0) is 0 Å². The van der Waals surface area contributed by atoms with Crippen molar-refractivity contribution in [1.29, 1.82) is 0 Å². The predicted molar refractivity (Wildman–Crippen MR) is 80.8 cm³/mol. The molecule has 0 saturated carbocycles. The van der Waals surface area contributed by atoms with Crippen molar-refractivity contribution in [2.75, 3.05) is 5.32 Å². The van der Waals surface area contributed by atoms with Gasteiger partial charge in [0, 0.05) is 11.9 Å². The summed E-state index contributed by atoms with van der Waals surface area (Å²) in [6.45, 7) is 5.81. The van der Waals surface area contributed by atoms with Gasteiger partial charge < -0.3 is 15.2 Å². The van der Waals surface area contributed by atoms with Crippen LogP contribution in [0.4, 0.5) is 5.69 Å². The number of hydrogen-bond donors (Lipinski definition) is 2. The van der Waals surface area contributed by atoms with Crippen LogP contribution in [0, 0.1) is 6.92 Å². The van der Waals surface area contributed by atoms with Gasteiger partial charge in [0.25, 0.3) is 5.91 Å². The number of carbonyl (C=O) groups excluding carboxylic acids is 1. The Morgan fingerprint density at radius 2 is 2.05 bits per heavy atom. The molecule has 0 spiro atoms. The molecule has 0 aliphatic carbocycles. The highest BCUT2D eigenvalue weighted by Gasteiger charge is 2.10. The molecule has 0 saturated heterocycles. The van der Waals surface area contributed by atoms with E-state index in [0.29, 0.717) is 11.3 Å². The maximum absolute atomic E-state index is 12.1. The molecule has 110 valence electrons. The fraction of sp³-hybridized carbons (Fsp3) is 0.250. The molecule has 21 heavy (non-hydrogen) atoms. The molecular formula is C16H18N2O3. The Morgan fingerprint density at radius 3 is 2.67 bits per heavy atom. The van der Waals surface area contributed by atoms with Gasteiger partial charge in [-0.15, -0.1) is 0 Å². The quantitative estimate of drug-likeness (QED) is 0.905. The summed E-state index contributed by atoms with van der Waals surface area (Å²) in [5, 5.41) is 12.1. The van der Waals surface area contributed by atoms with Crippen molar-refractivity contribution >= 4 is 11.6 Å². The lowest BCUT2D eigenvalue weighted by atomic mass is 10.1. The van der Waals surface area contributed by atoms with Crippen LogP contribution < -0.4 is 10.1 Å². The van der Waals surface area contributed by atoms with Crippen molar-refractivity contribution in [2.45, 2.75) is 26.9 Å². The standard InChI is InChI=1S/C16H18N2O3/c1-10(2)21-14-4-5-15(11(3)6-14)18-16(20)12-7-13(19)9-17-8-12/h4-10,19H,1-3H3,(H,18,20). The number of hydrogen-bond acceptors (Lipinski definition) is 4. The number of rotatable bonds is 4. The molecule has 1 aromatic carbocycles. The Morgan fingerprint density at radius 1 is 1.29 bits per heavy atom. The van der Waals surface area contributed by atoms with Crippen LogP contribution in [0.3, 0.4) is 0 Å². The number of pyridine rings is 1. The van der Waals surface area contributed by atoms with Gasteiger partial charge in [0.05, 0.1) is 17.9 Å². The van der Waals surface area contributed by atoms with Gasteiger partial charge in [-0.3, -0.25) is 9.78 Å². The zero-order valence-electron chi connectivity index (χ0n) is 12.3. The highest BCUT2D eigenvalue weighted by atomic mass is 16.5. The first kappa shape index (κ1) is 14.8. The summed E-state index contributed by atoms with van der Waals surface area (Å²) in [5.74, 6) is 0.401. The summed E-state index contributed by atoms with van der Waals surface area (Å²) in [7, 11) is 0. The molecule has 0 atom stereocenters. The smallest absolute Gasteiger partial charge is 0.257 e. The van der Waals surface area contributed by atoms with E-state index in [1.165, 1.54) is 18.5 Å². The van der Waals surface area contributed by atoms with E-state index in [9.17, 15) is 9.90 Å². The van der Waals surface area contributed by atoms with Gasteiger partial charge in [-0.25, -0.2) is 0 Å². The van der Waals surface area contributed by atoms with Gasteiger partial charge in [-0.1, -0.05) is 0 Å². The fourth-order valence-electron chi connectivity index (χ4n) is 1.87. The van der Waals surface area contributed by atoms with E-state index >= 15 is 0 Å². The Hall–Kier alpha value is -2.56. The minimum Gasteiger partial charge on any atom is -0.506 e. The molecule has 2 aromatic rings. The van der Waals surface area contributed by atoms with E-state index in [2.05, 4.69) is 10.3 Å². The van der Waals surface area contributed by atoms with Crippen LogP contribution in [0.15, 0.2) is 36.7 Å². The minimum atomic E-state index is -0.320. The largest absolute Gasteiger partial charge is 0.506 e. The lowest BCUT2D eigenvalue weighted by Gasteiger charge is -2.13. The van der Waals surface area contributed by atoms with Gasteiger partial charge >= 0.3 is 0 Å². The molecule has 0 fully saturated rings. The number of nitrogens with one attached hydrogen (secondary N) is 1. The highest BCUT2D eigenvalue weighted by Crippen LogP contribution is 2.23. The van der Waals surface area contributed by atoms with Crippen molar-refractivity contribution in [3.63, 3.8) is 0 Å². The number of anilines is 1. The van der Waals surface area contributed by atoms with Crippen molar-refractivity contribution in [1.82, 2.24) is 4.98 Å². The number of amides is 1. The van der Waals surface area contributed by atoms with Crippen molar-refractivity contribution < 1.29 is 14.6 Å². The van der Waals surface area contributed by atoms with Crippen LogP contribution in [0.5, 0.6) is 11.5 Å². The van der Waals surface area contributed by atoms with E-state index in [1.807, 2.05) is 32.9 Å². The SMILES string of the molecule is Cc1cc(OC(C)C)ccc1NC(=O)c1cncc(O)c1. The molecule has 0 bridgehead atoms. The van der Waals surface area contributed by atoms with Gasteiger partial charge in [-0.2, -0.15) is 0 Å². The van der Waals surface area contributed by atoms with E-state index in [1.54, 1.807) is 6.07 Å². The second kappa shape index (κ2) is 6.26. The molecular weight excluding hydrogens is 268 g/mol. The second-order valence-electron chi connectivity index (χ2n) is 5.03. The number of aromatic nitrogens is 1. The molecule has 1 aromatic heterocycles. The van der Waals surface area contributed by atoms with Gasteiger partial charge in [-0.05, 0) is 50.6 Å². The topological polar surface area (TPSA) is 71.5 Å². The molecule has 1 heterocycles. The third-order valence-electron chi connectivity index (χ3n) is 2.80. The van der Waals surface area contributed by atoms with Gasteiger partial charge in [0.2, 0.25) is 0 Å². The summed E-state index contributed by atoms with van der Waals surface area (Å²) in [5.41, 5.74) is 1.89. The Balaban J connectivity index is 2.14. The van der Waals surface area contributed by atoms with E-state index < -0.39 is 0 Å². The van der Waals surface area contributed by atoms with Crippen LogP contribution in [0.1, 0.15) is 29.8 Å². The highest BCUT2D eigenvalue weighted by molar-refractivity contribution is 6.04. The minimum absolute atomic E-state index is 0.0416. The van der Waals surface area contributed by atoms with Crippen molar-refractivity contribution in [3.05, 3.63) is 47.8 Å². The molecule has 0 aliphatic rings. The first-order valence-electron chi connectivity index (χ1n) is 6.68. The zero-order chi connectivity index (χ0) is 15.4. The summed E-state index contributed by atoms with van der Waals surface area (Å²) < 4.78 is 5.60. The Bertz CT molecular complexity index is 654. The molecule has 0 aliphatic heterocycles. The summed E-state index contributed by atoms with van der Waals surface area (Å²) >= 11 is 0. The first-order chi connectivity index (χ1) is 9.95. The van der Waals surface area contributed by atoms with Crippen LogP contribution in [-0.4, -0.2) is 22.1 Å². The van der Waals surface area contributed by atoms with Crippen LogP contribution in [0.2, 0.25) is 0 Å². The van der Waals surface area contributed by atoms with Gasteiger partial charge in [0.1, 0.15) is 11.5 Å². The molecule has 0 unspecified atom stereocenters. The molecule has 5 nitrogen and oxygen atoms in total. The van der Waals surface area contributed by atoms with E-state index in [0.717, 1.165) is 11.3 Å². The van der Waals surface area contributed by atoms with Gasteiger partial charge in [0.15, 0.2) is 0 Å². The summed E-state index contributed by atoms with van der Waals surface area (Å²) in [4.78, 5) is 15.9. The fourth-order valence-corrected chi connectivity index (χ4v) is 1.87. The number of benzene rings is 1. The zero-order valence-corrected chi connectivity index (χ0v) is 12.3. The number of carbonyl (C=O) groups is 1. The number of aromatic hydroxyl groups is 1. The second-order valence-corrected chi connectivity index (χ2v) is 5.03. The lowest BCUT2D eigenvalue weighted by molar-refractivity contribution is 0.102. The van der Waals surface area contributed by atoms with Crippen LogP contribution >= 0.6 is 0 Å². The normalized spacial score (nSPS) is 10.5. The Kier molecular flexibility index (Phi) is 4.42. The third kappa shape index (κ3) is 3.95. The van der Waals surface area contributed by atoms with Crippen molar-refractivity contribution in [3.8, 4) is 11.5 Å². The average Bonchev–Trinajstić information content (AvgIpc) is 2.41. The molecule has 2 N–H and O–H groups in total. The molecule has 0 radical (unpaired) electrons. The monoisotopic (exact) mass is 286 g/mol. The average molecular weight is 286 g/mol. The maximum atomic E-state index is 12.1. The molecule has 1 amide bonds. The Labute approximate surface area is 123 Å². The van der Waals surface area contributed by atoms with E-state index in [4.69, 9.17) is 4.74 Å². The molecule has 2 rings (SSSR count). The molecule has 5 heteroatoms. The summed E-state index contributed by atoms with van der Waals surface area (Å²) in [6.07, 6.45) is 2.78. The predicted octanol–water partition coefficient (Wildman–Crippen LogP) is 3.14. The number of ether oxygens (including phenoxy) is 1. The third-order valence-corrected chi connectivity index (χ3v) is 2.80. The number of nitrogens with zero attached hydrogens (tertiary/aromatic N) is 1. The lowest BCUT2D eigenvalue weighted by Crippen LogP contribution is -2.13. The van der Waals surface area contributed by atoms with Crippen LogP contribution in [0.25, 0.3) is 0 Å². The first-order valence-corrected chi connectivity index (χ1v) is 6.68.